The summed E-state index contributed by atoms with van der Waals surface area (Å²) in [6.07, 6.45) is 0. The Labute approximate surface area is 74.3 Å². The van der Waals surface area contributed by atoms with Crippen molar-refractivity contribution in [3.63, 3.8) is 0 Å². The molecule has 0 saturated carbocycles. The van der Waals surface area contributed by atoms with E-state index in [1.54, 1.807) is 0 Å². The molecule has 0 fully saturated rings. The molecule has 0 heterocycles. The second-order valence-electron chi connectivity index (χ2n) is 2.58. The molecule has 2 atom stereocenters. The molecule has 0 aromatic rings. The van der Waals surface area contributed by atoms with Crippen LogP contribution in [-0.4, -0.2) is 40.4 Å². The number of rotatable bonds is 5. The average Bonchev–Trinajstić information content (AvgIpc) is 2.01. The largest absolute Gasteiger partial charge is 0.481 e. The van der Waals surface area contributed by atoms with E-state index in [1.807, 2.05) is 0 Å². The van der Waals surface area contributed by atoms with Gasteiger partial charge in [-0.2, -0.15) is 0 Å². The van der Waals surface area contributed by atoms with Gasteiger partial charge < -0.3 is 15.9 Å². The van der Waals surface area contributed by atoms with Crippen LogP contribution < -0.4 is 5.73 Å². The van der Waals surface area contributed by atoms with Crippen molar-refractivity contribution in [2.24, 2.45) is 11.7 Å². The molecule has 74 valence electrons. The highest BCUT2D eigenvalue weighted by atomic mass is 16.4. The number of hydrogen-bond acceptors (Lipinski definition) is 5. The number of aliphatic hydroxyl groups excluding tert-OH is 1. The molecule has 0 saturated heterocycles. The zero-order valence-corrected chi connectivity index (χ0v) is 7.06. The summed E-state index contributed by atoms with van der Waals surface area (Å²) in [4.78, 5) is 32.0. The molecule has 0 aliphatic rings. The summed E-state index contributed by atoms with van der Waals surface area (Å²) in [5, 5.41) is 16.9. The number of hydrogen-bond donors (Lipinski definition) is 3. The van der Waals surface area contributed by atoms with E-state index in [9.17, 15) is 14.4 Å². The van der Waals surface area contributed by atoms with Gasteiger partial charge in [0.25, 0.3) is 0 Å². The van der Waals surface area contributed by atoms with Crippen LogP contribution in [0.5, 0.6) is 0 Å². The van der Waals surface area contributed by atoms with Gasteiger partial charge >= 0.3 is 5.97 Å². The maximum absolute atomic E-state index is 10.8. The van der Waals surface area contributed by atoms with E-state index in [-0.39, 0.29) is 0 Å². The van der Waals surface area contributed by atoms with Crippen LogP contribution in [0, 0.1) is 5.92 Å². The fourth-order valence-electron chi connectivity index (χ4n) is 0.872. The van der Waals surface area contributed by atoms with Crippen LogP contribution in [0.15, 0.2) is 0 Å². The van der Waals surface area contributed by atoms with Crippen LogP contribution in [0.25, 0.3) is 0 Å². The zero-order chi connectivity index (χ0) is 10.6. The maximum Gasteiger partial charge on any atom is 0.316 e. The fraction of sp³-hybridized carbons (Fsp3) is 0.571. The van der Waals surface area contributed by atoms with Crippen LogP contribution in [0.1, 0.15) is 6.92 Å². The van der Waals surface area contributed by atoms with Crippen LogP contribution in [0.2, 0.25) is 0 Å². The molecule has 0 bridgehead atoms. The highest BCUT2D eigenvalue weighted by molar-refractivity contribution is 6.03. The van der Waals surface area contributed by atoms with Gasteiger partial charge in [-0.25, -0.2) is 0 Å². The van der Waals surface area contributed by atoms with E-state index >= 15 is 0 Å². The normalized spacial score (nSPS) is 14.7. The lowest BCUT2D eigenvalue weighted by Gasteiger charge is -2.14. The number of nitrogens with two attached hydrogens (primary N) is 1. The first-order valence-electron chi connectivity index (χ1n) is 3.54. The first-order valence-corrected chi connectivity index (χ1v) is 3.54. The standard InChI is InChI=1S/C7H11NO5/c1-3(10)5(7(12)13)6(8)4(11)2-9/h5-6,9H,2,8H2,1H3,(H,12,13)/t5?,6-/m1/s1. The maximum atomic E-state index is 10.8. The minimum absolute atomic E-state index is 0.707. The highest BCUT2D eigenvalue weighted by Crippen LogP contribution is 2.04. The molecule has 0 spiro atoms. The number of carbonyl (C=O) groups excluding carboxylic acids is 2. The predicted molar refractivity (Wildman–Crippen MR) is 41.9 cm³/mol. The first-order chi connectivity index (χ1) is 5.91. The van der Waals surface area contributed by atoms with Crippen molar-refractivity contribution in [1.82, 2.24) is 0 Å². The Morgan fingerprint density at radius 3 is 2.08 bits per heavy atom. The van der Waals surface area contributed by atoms with Crippen molar-refractivity contribution in [2.75, 3.05) is 6.61 Å². The van der Waals surface area contributed by atoms with E-state index in [2.05, 4.69) is 0 Å². The van der Waals surface area contributed by atoms with Crippen molar-refractivity contribution in [3.8, 4) is 0 Å². The molecule has 1 unspecified atom stereocenters. The lowest BCUT2D eigenvalue weighted by atomic mass is 9.94. The summed E-state index contributed by atoms with van der Waals surface area (Å²) in [7, 11) is 0. The van der Waals surface area contributed by atoms with Crippen molar-refractivity contribution >= 4 is 17.5 Å². The molecule has 0 amide bonds. The topological polar surface area (TPSA) is 118 Å². The second-order valence-corrected chi connectivity index (χ2v) is 2.58. The third kappa shape index (κ3) is 2.92. The minimum atomic E-state index is -1.57. The summed E-state index contributed by atoms with van der Waals surface area (Å²) in [6, 6.07) is -1.47. The van der Waals surface area contributed by atoms with Crippen molar-refractivity contribution in [3.05, 3.63) is 0 Å². The quantitative estimate of drug-likeness (QED) is 0.437. The molecule has 0 aromatic carbocycles. The van der Waals surface area contributed by atoms with E-state index in [4.69, 9.17) is 15.9 Å². The van der Waals surface area contributed by atoms with Crippen LogP contribution in [0.4, 0.5) is 0 Å². The van der Waals surface area contributed by atoms with Gasteiger partial charge in [0.15, 0.2) is 5.78 Å². The minimum Gasteiger partial charge on any atom is -0.481 e. The molecule has 13 heavy (non-hydrogen) atoms. The summed E-state index contributed by atoms with van der Waals surface area (Å²) in [5.41, 5.74) is 5.16. The average molecular weight is 189 g/mol. The van der Waals surface area contributed by atoms with Crippen molar-refractivity contribution in [2.45, 2.75) is 13.0 Å². The SMILES string of the molecule is CC(=O)C(C(=O)O)[C@H](N)C(=O)CO. The van der Waals surface area contributed by atoms with Gasteiger partial charge in [-0.1, -0.05) is 0 Å². The van der Waals surface area contributed by atoms with Gasteiger partial charge in [0.05, 0.1) is 6.04 Å². The Bertz CT molecular complexity index is 223. The molecule has 0 aromatic heterocycles. The van der Waals surface area contributed by atoms with Crippen LogP contribution in [-0.2, 0) is 14.4 Å². The zero-order valence-electron chi connectivity index (χ0n) is 7.06. The fourth-order valence-corrected chi connectivity index (χ4v) is 0.872. The van der Waals surface area contributed by atoms with E-state index < -0.39 is 36.1 Å². The number of Topliss-reactive ketones (excluding diaryl/α,β-unsaturated/α-hetero) is 2. The number of carboxylic acids is 1. The smallest absolute Gasteiger partial charge is 0.316 e. The molecule has 0 aliphatic carbocycles. The molecular weight excluding hydrogens is 178 g/mol. The van der Waals surface area contributed by atoms with Gasteiger partial charge in [0.1, 0.15) is 18.3 Å². The summed E-state index contributed by atoms with van der Waals surface area (Å²) >= 11 is 0. The Balaban J connectivity index is 4.65. The molecule has 6 nitrogen and oxygen atoms in total. The van der Waals surface area contributed by atoms with Crippen molar-refractivity contribution < 1.29 is 24.6 Å². The van der Waals surface area contributed by atoms with E-state index in [0.29, 0.717) is 0 Å². The molecule has 0 aliphatic heterocycles. The second kappa shape index (κ2) is 4.68. The Hall–Kier alpha value is -1.27. The molecule has 0 rings (SSSR count). The number of carboxylic acid groups (broad SMARTS) is 1. The third-order valence-electron chi connectivity index (χ3n) is 1.59. The summed E-state index contributed by atoms with van der Waals surface area (Å²) in [5.74, 6) is -4.59. The number of aliphatic carboxylic acids is 1. The van der Waals surface area contributed by atoms with Crippen LogP contribution in [0.3, 0.4) is 0 Å². The van der Waals surface area contributed by atoms with E-state index in [0.717, 1.165) is 6.92 Å². The molecular formula is C7H11NO5. The van der Waals surface area contributed by atoms with Gasteiger partial charge in [-0.05, 0) is 6.92 Å². The third-order valence-corrected chi connectivity index (χ3v) is 1.59. The predicted octanol–water partition coefficient (Wildman–Crippen LogP) is -1.84. The lowest BCUT2D eigenvalue weighted by molar-refractivity contribution is -0.149. The van der Waals surface area contributed by atoms with Crippen molar-refractivity contribution in [1.29, 1.82) is 0 Å². The molecule has 4 N–H and O–H groups in total. The van der Waals surface area contributed by atoms with E-state index in [1.165, 1.54) is 0 Å². The van der Waals surface area contributed by atoms with Gasteiger partial charge in [0, 0.05) is 0 Å². The molecule has 0 radical (unpaired) electrons. The molecule has 6 heteroatoms. The summed E-state index contributed by atoms with van der Waals surface area (Å²) < 4.78 is 0. The summed E-state index contributed by atoms with van der Waals surface area (Å²) in [6.45, 7) is 0.168. The lowest BCUT2D eigenvalue weighted by Crippen LogP contribution is -2.46. The Morgan fingerprint density at radius 1 is 1.38 bits per heavy atom. The Kier molecular flexibility index (Phi) is 4.22. The Morgan fingerprint density at radius 2 is 1.85 bits per heavy atom. The monoisotopic (exact) mass is 189 g/mol. The first kappa shape index (κ1) is 11.7. The highest BCUT2D eigenvalue weighted by Gasteiger charge is 2.33. The van der Waals surface area contributed by atoms with Gasteiger partial charge in [-0.3, -0.25) is 14.4 Å². The van der Waals surface area contributed by atoms with Gasteiger partial charge in [-0.15, -0.1) is 0 Å². The van der Waals surface area contributed by atoms with Crippen LogP contribution >= 0.6 is 0 Å². The number of carbonyl (C=O) groups is 3. The number of aliphatic hydroxyl groups is 1. The number of ketones is 2. The van der Waals surface area contributed by atoms with Gasteiger partial charge in [0.2, 0.25) is 0 Å².